The minimum absolute atomic E-state index is 0.0248. The van der Waals surface area contributed by atoms with Crippen molar-refractivity contribution in [2.45, 2.75) is 18.0 Å². The zero-order valence-corrected chi connectivity index (χ0v) is 15.4. The standard InChI is InChI=1S/C16H14BrN5O2S/c17-13-4-3-12(9-1-2-10-6-19-7-11(10)5-9)14(15(13)25(18,23)24)16-20-8-21-22-16/h1-5,19H,6-8H2,(H2,18,23,24). The zero-order valence-electron chi connectivity index (χ0n) is 13.0. The molecule has 4 rings (SSSR count). The highest BCUT2D eigenvalue weighted by atomic mass is 79.9. The number of amidine groups is 1. The van der Waals surface area contributed by atoms with Crippen molar-refractivity contribution in [1.29, 1.82) is 0 Å². The van der Waals surface area contributed by atoms with Crippen LogP contribution in [0.2, 0.25) is 0 Å². The molecule has 3 N–H and O–H groups in total. The van der Waals surface area contributed by atoms with E-state index in [2.05, 4.69) is 42.5 Å². The summed E-state index contributed by atoms with van der Waals surface area (Å²) in [4.78, 5) is 4.19. The number of benzene rings is 2. The van der Waals surface area contributed by atoms with E-state index in [1.165, 1.54) is 11.1 Å². The van der Waals surface area contributed by atoms with Crippen LogP contribution in [0.15, 0.2) is 54.9 Å². The normalized spacial score (nSPS) is 16.2. The molecule has 0 amide bonds. The fourth-order valence-electron chi connectivity index (χ4n) is 3.12. The lowest BCUT2D eigenvalue weighted by molar-refractivity contribution is 0.597. The van der Waals surface area contributed by atoms with Gasteiger partial charge in [0.25, 0.3) is 0 Å². The van der Waals surface area contributed by atoms with Crippen LogP contribution in [0.1, 0.15) is 16.7 Å². The Hall–Kier alpha value is -1.94. The van der Waals surface area contributed by atoms with Crippen LogP contribution in [0, 0.1) is 0 Å². The van der Waals surface area contributed by atoms with Crippen molar-refractivity contribution < 1.29 is 8.42 Å². The molecule has 0 radical (unpaired) electrons. The van der Waals surface area contributed by atoms with Gasteiger partial charge in [0.15, 0.2) is 12.5 Å². The topological polar surface area (TPSA) is 109 Å². The molecule has 0 saturated carbocycles. The third-order valence-electron chi connectivity index (χ3n) is 4.22. The molecule has 0 aliphatic carbocycles. The molecule has 2 aromatic carbocycles. The third kappa shape index (κ3) is 2.93. The highest BCUT2D eigenvalue weighted by Gasteiger charge is 2.27. The molecule has 2 heterocycles. The minimum atomic E-state index is -3.99. The maximum Gasteiger partial charge on any atom is 0.239 e. The van der Waals surface area contributed by atoms with Crippen LogP contribution in [0.4, 0.5) is 0 Å². The van der Waals surface area contributed by atoms with Gasteiger partial charge in [-0.05, 0) is 50.3 Å². The Bertz CT molecular complexity index is 1050. The molecule has 0 atom stereocenters. The second-order valence-corrected chi connectivity index (χ2v) is 8.15. The lowest BCUT2D eigenvalue weighted by Crippen LogP contribution is -2.18. The molecular formula is C16H14BrN5O2S. The fraction of sp³-hybridized carbons (Fsp3) is 0.188. The van der Waals surface area contributed by atoms with E-state index >= 15 is 0 Å². The van der Waals surface area contributed by atoms with E-state index in [0.29, 0.717) is 15.6 Å². The van der Waals surface area contributed by atoms with Crippen molar-refractivity contribution in [1.82, 2.24) is 5.32 Å². The van der Waals surface area contributed by atoms with E-state index < -0.39 is 10.0 Å². The predicted molar refractivity (Wildman–Crippen MR) is 97.8 cm³/mol. The lowest BCUT2D eigenvalue weighted by atomic mass is 9.96. The number of sulfonamides is 1. The van der Waals surface area contributed by atoms with E-state index in [0.717, 1.165) is 18.7 Å². The fourth-order valence-corrected chi connectivity index (χ4v) is 4.95. The summed E-state index contributed by atoms with van der Waals surface area (Å²) < 4.78 is 24.8. The summed E-state index contributed by atoms with van der Waals surface area (Å²) in [5, 5.41) is 16.6. The summed E-state index contributed by atoms with van der Waals surface area (Å²) in [5.74, 6) is 0.277. The second-order valence-electron chi connectivity index (χ2n) is 5.80. The monoisotopic (exact) mass is 419 g/mol. The molecule has 0 bridgehead atoms. The Morgan fingerprint density at radius 2 is 1.92 bits per heavy atom. The summed E-state index contributed by atoms with van der Waals surface area (Å²) in [6.45, 7) is 1.81. The van der Waals surface area contributed by atoms with Gasteiger partial charge in [-0.3, -0.25) is 0 Å². The molecule has 2 aliphatic rings. The van der Waals surface area contributed by atoms with Crippen LogP contribution in [0.3, 0.4) is 0 Å². The Labute approximate surface area is 153 Å². The van der Waals surface area contributed by atoms with Gasteiger partial charge in [0, 0.05) is 23.1 Å². The molecule has 2 aromatic rings. The Morgan fingerprint density at radius 3 is 2.64 bits per heavy atom. The molecule has 0 unspecified atom stereocenters. The van der Waals surface area contributed by atoms with E-state index in [-0.39, 0.29) is 17.4 Å². The zero-order chi connectivity index (χ0) is 17.6. The Balaban J connectivity index is 2.01. The molecule has 9 heteroatoms. The average Bonchev–Trinajstić information content (AvgIpc) is 3.24. The van der Waals surface area contributed by atoms with Crippen molar-refractivity contribution in [2.75, 3.05) is 6.67 Å². The number of hydrogen-bond acceptors (Lipinski definition) is 6. The van der Waals surface area contributed by atoms with E-state index in [1.54, 1.807) is 6.07 Å². The summed E-state index contributed by atoms with van der Waals surface area (Å²) in [5.41, 5.74) is 4.41. The van der Waals surface area contributed by atoms with Crippen molar-refractivity contribution in [2.24, 2.45) is 20.4 Å². The predicted octanol–water partition coefficient (Wildman–Crippen LogP) is 2.54. The molecule has 128 valence electrons. The van der Waals surface area contributed by atoms with Crippen LogP contribution in [0.5, 0.6) is 0 Å². The summed E-state index contributed by atoms with van der Waals surface area (Å²) in [7, 11) is -3.99. The number of halogens is 1. The summed E-state index contributed by atoms with van der Waals surface area (Å²) in [6.07, 6.45) is 0. The van der Waals surface area contributed by atoms with E-state index in [1.807, 2.05) is 18.2 Å². The first kappa shape index (κ1) is 16.5. The molecule has 0 saturated heterocycles. The number of hydrogen-bond donors (Lipinski definition) is 2. The molecule has 25 heavy (non-hydrogen) atoms. The first-order valence-corrected chi connectivity index (χ1v) is 9.89. The number of nitrogens with one attached hydrogen (secondary N) is 1. The van der Waals surface area contributed by atoms with Crippen LogP contribution in [-0.2, 0) is 23.1 Å². The Kier molecular flexibility index (Phi) is 4.03. The average molecular weight is 420 g/mol. The number of rotatable bonds is 3. The van der Waals surface area contributed by atoms with E-state index in [9.17, 15) is 8.42 Å². The largest absolute Gasteiger partial charge is 0.309 e. The van der Waals surface area contributed by atoms with Gasteiger partial charge in [-0.1, -0.05) is 18.2 Å². The smallest absolute Gasteiger partial charge is 0.239 e. The van der Waals surface area contributed by atoms with Gasteiger partial charge in [0.05, 0.1) is 0 Å². The molecule has 0 spiro atoms. The van der Waals surface area contributed by atoms with Gasteiger partial charge in [0.1, 0.15) is 4.90 Å². The molecule has 0 fully saturated rings. The number of azo groups is 1. The SMILES string of the molecule is NS(=O)(=O)c1c(Br)ccc(-c2ccc3c(c2)CNC3)c1C1=NCN=N1. The summed E-state index contributed by atoms with van der Waals surface area (Å²) >= 11 is 3.29. The molecule has 2 aliphatic heterocycles. The highest BCUT2D eigenvalue weighted by Crippen LogP contribution is 2.36. The van der Waals surface area contributed by atoms with Crippen molar-refractivity contribution in [3.05, 3.63) is 51.5 Å². The first-order chi connectivity index (χ1) is 11.9. The highest BCUT2D eigenvalue weighted by molar-refractivity contribution is 9.10. The minimum Gasteiger partial charge on any atom is -0.309 e. The molecule has 7 nitrogen and oxygen atoms in total. The van der Waals surface area contributed by atoms with Gasteiger partial charge in [0.2, 0.25) is 10.0 Å². The lowest BCUT2D eigenvalue weighted by Gasteiger charge is -2.15. The van der Waals surface area contributed by atoms with Crippen LogP contribution in [-0.4, -0.2) is 20.9 Å². The maximum atomic E-state index is 12.2. The van der Waals surface area contributed by atoms with Crippen LogP contribution in [0.25, 0.3) is 11.1 Å². The van der Waals surface area contributed by atoms with Crippen LogP contribution >= 0.6 is 15.9 Å². The first-order valence-electron chi connectivity index (χ1n) is 7.55. The van der Waals surface area contributed by atoms with Gasteiger partial charge in [-0.15, -0.1) is 5.11 Å². The van der Waals surface area contributed by atoms with Crippen LogP contribution < -0.4 is 10.5 Å². The van der Waals surface area contributed by atoms with Crippen molar-refractivity contribution >= 4 is 31.8 Å². The van der Waals surface area contributed by atoms with Gasteiger partial charge < -0.3 is 5.32 Å². The number of aliphatic imine (C=N–C) groups is 1. The van der Waals surface area contributed by atoms with Gasteiger partial charge in [-0.25, -0.2) is 18.5 Å². The van der Waals surface area contributed by atoms with E-state index in [4.69, 9.17) is 5.14 Å². The summed E-state index contributed by atoms with van der Waals surface area (Å²) in [6, 6.07) is 9.59. The number of nitrogens with two attached hydrogens (primary N) is 1. The number of primary sulfonamides is 1. The van der Waals surface area contributed by atoms with Gasteiger partial charge in [-0.2, -0.15) is 5.11 Å². The number of fused-ring (bicyclic) bond motifs is 1. The molecule has 0 aromatic heterocycles. The quantitative estimate of drug-likeness (QED) is 0.796. The second kappa shape index (κ2) is 6.10. The number of nitrogens with zero attached hydrogens (tertiary/aromatic N) is 3. The molecular weight excluding hydrogens is 406 g/mol. The maximum absolute atomic E-state index is 12.2. The van der Waals surface area contributed by atoms with Gasteiger partial charge >= 0.3 is 0 Å². The van der Waals surface area contributed by atoms with Crippen molar-refractivity contribution in [3.63, 3.8) is 0 Å². The Morgan fingerprint density at radius 1 is 1.12 bits per heavy atom. The van der Waals surface area contributed by atoms with Crippen molar-refractivity contribution in [3.8, 4) is 11.1 Å². The third-order valence-corrected chi connectivity index (χ3v) is 6.13.